The molecule has 128 valence electrons. The van der Waals surface area contributed by atoms with E-state index in [1.54, 1.807) is 17.7 Å². The van der Waals surface area contributed by atoms with Gasteiger partial charge in [-0.3, -0.25) is 4.79 Å². The van der Waals surface area contributed by atoms with E-state index in [-0.39, 0.29) is 5.92 Å². The maximum Gasteiger partial charge on any atom is 0.308 e. The van der Waals surface area contributed by atoms with Crippen LogP contribution in [0.15, 0.2) is 36.7 Å². The van der Waals surface area contributed by atoms with Crippen molar-refractivity contribution >= 4 is 33.3 Å². The first-order valence-electron chi connectivity index (χ1n) is 8.41. The van der Waals surface area contributed by atoms with Crippen molar-refractivity contribution in [2.75, 3.05) is 18.0 Å². The van der Waals surface area contributed by atoms with Crippen LogP contribution in [-0.2, 0) is 4.79 Å². The summed E-state index contributed by atoms with van der Waals surface area (Å²) in [5.74, 6) is -0.194. The van der Waals surface area contributed by atoms with Gasteiger partial charge in [0.05, 0.1) is 11.3 Å². The molecule has 1 saturated heterocycles. The van der Waals surface area contributed by atoms with E-state index in [2.05, 4.69) is 52.1 Å². The van der Waals surface area contributed by atoms with E-state index < -0.39 is 5.97 Å². The maximum atomic E-state index is 11.4. The predicted molar refractivity (Wildman–Crippen MR) is 100 cm³/mol. The largest absolute Gasteiger partial charge is 0.481 e. The van der Waals surface area contributed by atoms with Crippen molar-refractivity contribution < 1.29 is 9.90 Å². The van der Waals surface area contributed by atoms with E-state index in [1.807, 2.05) is 0 Å². The molecule has 1 atom stereocenters. The summed E-state index contributed by atoms with van der Waals surface area (Å²) >= 11 is 1.65. The number of thiophene rings is 1. The van der Waals surface area contributed by atoms with Gasteiger partial charge in [-0.05, 0) is 31.4 Å². The van der Waals surface area contributed by atoms with E-state index in [1.165, 1.54) is 11.1 Å². The van der Waals surface area contributed by atoms with Gasteiger partial charge in [-0.1, -0.05) is 29.8 Å². The van der Waals surface area contributed by atoms with Crippen LogP contribution < -0.4 is 4.90 Å². The molecule has 25 heavy (non-hydrogen) atoms. The fourth-order valence-corrected chi connectivity index (χ4v) is 4.33. The summed E-state index contributed by atoms with van der Waals surface area (Å²) in [4.78, 5) is 24.4. The number of nitrogens with zero attached hydrogens (tertiary/aromatic N) is 3. The Labute approximate surface area is 150 Å². The van der Waals surface area contributed by atoms with Gasteiger partial charge >= 0.3 is 5.97 Å². The minimum atomic E-state index is -0.722. The number of hydrogen-bond donors (Lipinski definition) is 1. The van der Waals surface area contributed by atoms with Crippen molar-refractivity contribution in [3.63, 3.8) is 0 Å². The smallest absolute Gasteiger partial charge is 0.308 e. The average Bonchev–Trinajstić information content (AvgIpc) is 3.06. The van der Waals surface area contributed by atoms with Crippen molar-refractivity contribution in [2.45, 2.75) is 19.8 Å². The van der Waals surface area contributed by atoms with Crippen LogP contribution in [0.3, 0.4) is 0 Å². The molecule has 2 aromatic heterocycles. The number of anilines is 1. The van der Waals surface area contributed by atoms with Gasteiger partial charge in [0.15, 0.2) is 0 Å². The summed E-state index contributed by atoms with van der Waals surface area (Å²) in [7, 11) is 0. The van der Waals surface area contributed by atoms with E-state index in [0.717, 1.165) is 40.3 Å². The summed E-state index contributed by atoms with van der Waals surface area (Å²) in [6, 6.07) is 10.6. The number of aliphatic carboxylic acids is 1. The molecule has 0 amide bonds. The quantitative estimate of drug-likeness (QED) is 0.772. The lowest BCUT2D eigenvalue weighted by Gasteiger charge is -2.31. The first-order chi connectivity index (χ1) is 12.1. The minimum Gasteiger partial charge on any atom is -0.481 e. The molecule has 3 aromatic rings. The molecule has 3 heterocycles. The van der Waals surface area contributed by atoms with Crippen molar-refractivity contribution in [1.29, 1.82) is 0 Å². The molecular formula is C19H19N3O2S. The van der Waals surface area contributed by atoms with Gasteiger partial charge in [0.25, 0.3) is 0 Å². The van der Waals surface area contributed by atoms with Gasteiger partial charge in [0.2, 0.25) is 0 Å². The summed E-state index contributed by atoms with van der Waals surface area (Å²) in [6.45, 7) is 3.43. The molecule has 0 saturated carbocycles. The number of hydrogen-bond acceptors (Lipinski definition) is 5. The molecule has 4 rings (SSSR count). The third-order valence-electron chi connectivity index (χ3n) is 4.71. The third kappa shape index (κ3) is 3.09. The molecule has 0 aliphatic carbocycles. The molecule has 0 bridgehead atoms. The Kier molecular flexibility index (Phi) is 4.13. The SMILES string of the molecule is Cc1ccc(-c2cc3c(N4CCC[C@H](C(=O)O)C4)ncnc3s2)cc1. The third-order valence-corrected chi connectivity index (χ3v) is 5.81. The zero-order valence-electron chi connectivity index (χ0n) is 14.0. The average molecular weight is 353 g/mol. The zero-order chi connectivity index (χ0) is 17.4. The lowest BCUT2D eigenvalue weighted by atomic mass is 9.98. The van der Waals surface area contributed by atoms with Crippen molar-refractivity contribution in [1.82, 2.24) is 9.97 Å². The summed E-state index contributed by atoms with van der Waals surface area (Å²) in [5, 5.41) is 10.3. The summed E-state index contributed by atoms with van der Waals surface area (Å²) in [6.07, 6.45) is 3.19. The molecule has 1 aromatic carbocycles. The molecule has 0 unspecified atom stereocenters. The topological polar surface area (TPSA) is 66.3 Å². The highest BCUT2D eigenvalue weighted by Gasteiger charge is 2.27. The van der Waals surface area contributed by atoms with Gasteiger partial charge in [-0.25, -0.2) is 9.97 Å². The number of piperidine rings is 1. The second-order valence-corrected chi connectivity index (χ2v) is 7.55. The predicted octanol–water partition coefficient (Wildman–Crippen LogP) is 3.97. The molecule has 1 aliphatic rings. The zero-order valence-corrected chi connectivity index (χ0v) is 14.8. The molecule has 5 nitrogen and oxygen atoms in total. The second kappa shape index (κ2) is 6.44. The van der Waals surface area contributed by atoms with Crippen LogP contribution in [0.2, 0.25) is 0 Å². The van der Waals surface area contributed by atoms with Crippen LogP contribution in [0.25, 0.3) is 20.7 Å². The fraction of sp³-hybridized carbons (Fsp3) is 0.316. The molecule has 0 radical (unpaired) electrons. The number of fused-ring (bicyclic) bond motifs is 1. The molecule has 1 aliphatic heterocycles. The molecular weight excluding hydrogens is 334 g/mol. The van der Waals surface area contributed by atoms with Crippen LogP contribution in [-0.4, -0.2) is 34.1 Å². The Balaban J connectivity index is 1.72. The normalized spacial score (nSPS) is 17.8. The Morgan fingerprint density at radius 3 is 2.84 bits per heavy atom. The number of carboxylic acids is 1. The number of carbonyl (C=O) groups is 1. The molecule has 1 N–H and O–H groups in total. The summed E-state index contributed by atoms with van der Waals surface area (Å²) < 4.78 is 0. The van der Waals surface area contributed by atoms with Gasteiger partial charge < -0.3 is 10.0 Å². The van der Waals surface area contributed by atoms with Crippen LogP contribution in [0.5, 0.6) is 0 Å². The Hall–Kier alpha value is -2.47. The first-order valence-corrected chi connectivity index (χ1v) is 9.23. The van der Waals surface area contributed by atoms with Gasteiger partial charge in [-0.2, -0.15) is 0 Å². The lowest BCUT2D eigenvalue weighted by molar-refractivity contribution is -0.141. The minimum absolute atomic E-state index is 0.325. The molecule has 6 heteroatoms. The van der Waals surface area contributed by atoms with Crippen molar-refractivity contribution in [3.8, 4) is 10.4 Å². The molecule has 1 fully saturated rings. The van der Waals surface area contributed by atoms with E-state index in [4.69, 9.17) is 0 Å². The second-order valence-electron chi connectivity index (χ2n) is 6.52. The number of aromatic nitrogens is 2. The van der Waals surface area contributed by atoms with Crippen LogP contribution in [0, 0.1) is 12.8 Å². The lowest BCUT2D eigenvalue weighted by Crippen LogP contribution is -2.39. The van der Waals surface area contributed by atoms with Crippen LogP contribution >= 0.6 is 11.3 Å². The van der Waals surface area contributed by atoms with Gasteiger partial charge in [-0.15, -0.1) is 11.3 Å². The highest BCUT2D eigenvalue weighted by molar-refractivity contribution is 7.21. The van der Waals surface area contributed by atoms with Crippen LogP contribution in [0.4, 0.5) is 5.82 Å². The number of rotatable bonds is 3. The Bertz CT molecular complexity index is 920. The first kappa shape index (κ1) is 16.0. The van der Waals surface area contributed by atoms with Gasteiger partial charge in [0.1, 0.15) is 17.0 Å². The Morgan fingerprint density at radius 2 is 2.08 bits per heavy atom. The number of carboxylic acid groups (broad SMARTS) is 1. The van der Waals surface area contributed by atoms with E-state index in [0.29, 0.717) is 6.54 Å². The highest BCUT2D eigenvalue weighted by Crippen LogP contribution is 2.37. The van der Waals surface area contributed by atoms with Crippen LogP contribution in [0.1, 0.15) is 18.4 Å². The highest BCUT2D eigenvalue weighted by atomic mass is 32.1. The van der Waals surface area contributed by atoms with E-state index >= 15 is 0 Å². The maximum absolute atomic E-state index is 11.4. The van der Waals surface area contributed by atoms with E-state index in [9.17, 15) is 9.90 Å². The molecule has 0 spiro atoms. The monoisotopic (exact) mass is 353 g/mol. The van der Waals surface area contributed by atoms with Gasteiger partial charge in [0, 0.05) is 18.0 Å². The van der Waals surface area contributed by atoms with Crippen molar-refractivity contribution in [2.24, 2.45) is 5.92 Å². The standard InChI is InChI=1S/C19H19N3O2S/c1-12-4-6-13(7-5-12)16-9-15-17(20-11-21-18(15)25-16)22-8-2-3-14(10-22)19(23)24/h4-7,9,11,14H,2-3,8,10H2,1H3,(H,23,24)/t14-/m0/s1. The fourth-order valence-electron chi connectivity index (χ4n) is 3.33. The number of benzene rings is 1. The number of aryl methyl sites for hydroxylation is 1. The summed E-state index contributed by atoms with van der Waals surface area (Å²) in [5.41, 5.74) is 2.40. The Morgan fingerprint density at radius 1 is 1.28 bits per heavy atom. The van der Waals surface area contributed by atoms with Crippen molar-refractivity contribution in [3.05, 3.63) is 42.2 Å².